The Hall–Kier alpha value is -8.06. The molecule has 0 saturated heterocycles. The fourth-order valence-electron chi connectivity index (χ4n) is 13.4. The van der Waals surface area contributed by atoms with Gasteiger partial charge in [0.15, 0.2) is 0 Å². The molecule has 0 bridgehead atoms. The van der Waals surface area contributed by atoms with E-state index in [4.69, 9.17) is 0 Å². The fourth-order valence-corrected chi connectivity index (χ4v) is 13.4. The molecule has 12 aromatic rings. The maximum absolute atomic E-state index is 2.51. The number of hydrogen-bond donors (Lipinski definition) is 0. The minimum absolute atomic E-state index is 0.0941. The summed E-state index contributed by atoms with van der Waals surface area (Å²) in [7, 11) is 0. The highest BCUT2D eigenvalue weighted by Gasteiger charge is 2.38. The van der Waals surface area contributed by atoms with E-state index in [-0.39, 0.29) is 21.7 Å². The van der Waals surface area contributed by atoms with Crippen molar-refractivity contribution in [3.63, 3.8) is 0 Å². The van der Waals surface area contributed by atoms with E-state index in [0.717, 1.165) is 0 Å². The molecule has 0 N–H and O–H groups in total. The van der Waals surface area contributed by atoms with Crippen molar-refractivity contribution in [1.82, 2.24) is 0 Å². The van der Waals surface area contributed by atoms with E-state index in [1.807, 2.05) is 0 Å². The van der Waals surface area contributed by atoms with Crippen molar-refractivity contribution in [3.8, 4) is 66.8 Å². The van der Waals surface area contributed by atoms with Gasteiger partial charge in [-0.2, -0.15) is 0 Å². The third-order valence-corrected chi connectivity index (χ3v) is 18.2. The van der Waals surface area contributed by atoms with Crippen LogP contribution in [0.15, 0.2) is 212 Å². The number of fused-ring (bicyclic) bond motifs is 6. The topological polar surface area (TPSA) is 0 Å². The Morgan fingerprint density at radius 2 is 0.667 bits per heavy atom. The summed E-state index contributed by atoms with van der Waals surface area (Å²) in [4.78, 5) is 0. The second-order valence-corrected chi connectivity index (χ2v) is 24.5. The zero-order valence-corrected chi connectivity index (χ0v) is 44.7. The Morgan fingerprint density at radius 1 is 0.267 bits per heavy atom. The van der Waals surface area contributed by atoms with Gasteiger partial charge in [-0.25, -0.2) is 0 Å². The molecule has 2 aliphatic rings. The lowest BCUT2D eigenvalue weighted by molar-refractivity contribution is 0.591. The van der Waals surface area contributed by atoms with Gasteiger partial charge in [-0.1, -0.05) is 275 Å². The molecule has 0 unspecified atom stereocenters. The summed E-state index contributed by atoms with van der Waals surface area (Å²) < 4.78 is 0. The van der Waals surface area contributed by atoms with Crippen molar-refractivity contribution < 1.29 is 0 Å². The first kappa shape index (κ1) is 45.5. The van der Waals surface area contributed by atoms with E-state index in [9.17, 15) is 0 Å². The van der Waals surface area contributed by atoms with E-state index < -0.39 is 0 Å². The minimum Gasteiger partial charge on any atom is -0.0616 e. The summed E-state index contributed by atoms with van der Waals surface area (Å²) >= 11 is 0. The molecule has 362 valence electrons. The van der Waals surface area contributed by atoms with Crippen LogP contribution in [-0.2, 0) is 21.7 Å². The Kier molecular flexibility index (Phi) is 9.70. The molecular weight excluding hydrogens is 901 g/mol. The van der Waals surface area contributed by atoms with Crippen molar-refractivity contribution in [1.29, 1.82) is 0 Å². The van der Waals surface area contributed by atoms with Crippen molar-refractivity contribution in [3.05, 3.63) is 251 Å². The van der Waals surface area contributed by atoms with Crippen LogP contribution in [0.1, 0.15) is 101 Å². The van der Waals surface area contributed by atoms with Crippen LogP contribution in [0.2, 0.25) is 0 Å². The zero-order valence-electron chi connectivity index (χ0n) is 44.7. The van der Waals surface area contributed by atoms with Gasteiger partial charge in [0.2, 0.25) is 0 Å². The molecule has 0 heterocycles. The highest BCUT2D eigenvalue weighted by molar-refractivity contribution is 6.26. The summed E-state index contributed by atoms with van der Waals surface area (Å²) in [5, 5.41) is 10.7. The van der Waals surface area contributed by atoms with Crippen LogP contribution in [0.5, 0.6) is 0 Å². The van der Waals surface area contributed by atoms with Gasteiger partial charge >= 0.3 is 0 Å². The van der Waals surface area contributed by atoms with Crippen LogP contribution < -0.4 is 0 Å². The molecule has 0 radical (unpaired) electrons. The molecule has 0 nitrogen and oxygen atoms in total. The lowest BCUT2D eigenvalue weighted by Gasteiger charge is -2.30. The van der Waals surface area contributed by atoms with Crippen LogP contribution in [0.4, 0.5) is 0 Å². The largest absolute Gasteiger partial charge is 0.0616 e. The molecule has 0 spiro atoms. The lowest BCUT2D eigenvalue weighted by atomic mass is 9.73. The van der Waals surface area contributed by atoms with Crippen molar-refractivity contribution in [2.75, 3.05) is 0 Å². The summed E-state index contributed by atoms with van der Waals surface area (Å²) in [5.41, 5.74) is 24.7. The van der Waals surface area contributed by atoms with Crippen LogP contribution >= 0.6 is 0 Å². The van der Waals surface area contributed by atoms with E-state index >= 15 is 0 Å². The van der Waals surface area contributed by atoms with Gasteiger partial charge in [0, 0.05) is 16.2 Å². The SMILES string of the molecule is CC(C)(C)c1cc2ccc3ccc(-c4ccc(C(C)(C)c5ccc6c(c5)C(C)(C)c5cc(C(C)(C)c7ccc(-c8ccc(-c9ccc%10c%11c(cccc9%11)-c9ccccc9-%10)cc8)cc7)ccc5-6)cc4)c4ccc(c1)c2c34. The average molecular weight is 963 g/mol. The van der Waals surface area contributed by atoms with Gasteiger partial charge in [0.25, 0.3) is 0 Å². The van der Waals surface area contributed by atoms with Crippen molar-refractivity contribution in [2.45, 2.75) is 84.0 Å². The Labute approximate surface area is 442 Å². The van der Waals surface area contributed by atoms with Gasteiger partial charge in [0.1, 0.15) is 0 Å². The first-order valence-electron chi connectivity index (χ1n) is 27.1. The summed E-state index contributed by atoms with van der Waals surface area (Å²) in [6, 6.07) is 81.3. The first-order chi connectivity index (χ1) is 36.1. The van der Waals surface area contributed by atoms with Crippen molar-refractivity contribution in [2.24, 2.45) is 0 Å². The quantitative estimate of drug-likeness (QED) is 0.140. The van der Waals surface area contributed by atoms with E-state index in [0.29, 0.717) is 0 Å². The van der Waals surface area contributed by atoms with Gasteiger partial charge in [-0.3, -0.25) is 0 Å². The molecular formula is C75H62. The maximum atomic E-state index is 2.51. The molecule has 75 heavy (non-hydrogen) atoms. The Balaban J connectivity index is 0.711. The van der Waals surface area contributed by atoms with Crippen molar-refractivity contribution >= 4 is 43.1 Å². The third-order valence-electron chi connectivity index (χ3n) is 18.2. The first-order valence-corrected chi connectivity index (χ1v) is 27.1. The molecule has 0 heteroatoms. The second kappa shape index (κ2) is 16.0. The predicted octanol–water partition coefficient (Wildman–Crippen LogP) is 20.6. The van der Waals surface area contributed by atoms with E-state index in [1.54, 1.807) is 0 Å². The molecule has 14 rings (SSSR count). The van der Waals surface area contributed by atoms with Gasteiger partial charge < -0.3 is 0 Å². The predicted molar refractivity (Wildman–Crippen MR) is 322 cm³/mol. The zero-order chi connectivity index (χ0) is 51.3. The van der Waals surface area contributed by atoms with Gasteiger partial charge in [-0.15, -0.1) is 0 Å². The van der Waals surface area contributed by atoms with Gasteiger partial charge in [-0.05, 0) is 154 Å². The summed E-state index contributed by atoms with van der Waals surface area (Å²) in [6.45, 7) is 21.3. The maximum Gasteiger partial charge on any atom is 0.0159 e. The highest BCUT2D eigenvalue weighted by Crippen LogP contribution is 2.53. The van der Waals surface area contributed by atoms with Crippen LogP contribution in [-0.4, -0.2) is 0 Å². The smallest absolute Gasteiger partial charge is 0.0159 e. The molecule has 0 aliphatic heterocycles. The number of rotatable bonds is 7. The molecule has 0 saturated carbocycles. The van der Waals surface area contributed by atoms with Crippen LogP contribution in [0.25, 0.3) is 110 Å². The molecule has 12 aromatic carbocycles. The number of benzene rings is 12. The Morgan fingerprint density at radius 3 is 1.23 bits per heavy atom. The minimum atomic E-state index is -0.196. The van der Waals surface area contributed by atoms with Crippen LogP contribution in [0.3, 0.4) is 0 Å². The number of hydrogen-bond acceptors (Lipinski definition) is 0. The molecule has 0 amide bonds. The Bertz CT molecular complexity index is 4250. The monoisotopic (exact) mass is 962 g/mol. The lowest BCUT2D eigenvalue weighted by Crippen LogP contribution is -2.22. The van der Waals surface area contributed by atoms with Gasteiger partial charge in [0.05, 0.1) is 0 Å². The molecule has 2 aliphatic carbocycles. The summed E-state index contributed by atoms with van der Waals surface area (Å²) in [5.74, 6) is 0. The fraction of sp³-hybridized carbons (Fsp3) is 0.173. The van der Waals surface area contributed by atoms with E-state index in [1.165, 1.54) is 149 Å². The normalized spacial score (nSPS) is 13.8. The second-order valence-electron chi connectivity index (χ2n) is 24.5. The van der Waals surface area contributed by atoms with Crippen LogP contribution in [0, 0.1) is 0 Å². The standard InChI is InChI=1S/C75H62/c1-72(2,3)56-41-50-22-21-49-27-35-57(65-36-28-51(42-56)69(50)70(49)65)48-25-31-53(32-26-48)74(6,7)55-34-38-62-61-37-33-54(43-67(61)75(8,9)68(62)44-55)73(4,5)52-29-23-46(24-30-52)45-17-19-47(20-18-45)58-39-40-66-60-14-11-10-13-59(60)64-16-12-15-63(58)71(64)66/h10-44H,1-9H3. The summed E-state index contributed by atoms with van der Waals surface area (Å²) in [6.07, 6.45) is 0. The molecule has 0 fully saturated rings. The molecule has 0 aromatic heterocycles. The molecule has 0 atom stereocenters. The average Bonchev–Trinajstić information content (AvgIpc) is 3.93. The van der Waals surface area contributed by atoms with E-state index in [2.05, 4.69) is 275 Å². The third kappa shape index (κ3) is 6.81. The highest BCUT2D eigenvalue weighted by atomic mass is 14.4.